The van der Waals surface area contributed by atoms with Crippen LogP contribution in [0.1, 0.15) is 5.56 Å². The van der Waals surface area contributed by atoms with Crippen LogP contribution >= 0.6 is 23.2 Å². The fourth-order valence-corrected chi connectivity index (χ4v) is 1.81. The predicted molar refractivity (Wildman–Crippen MR) is 71.2 cm³/mol. The van der Waals surface area contributed by atoms with Crippen molar-refractivity contribution in [1.82, 2.24) is 5.32 Å². The first kappa shape index (κ1) is 15.8. The van der Waals surface area contributed by atoms with Gasteiger partial charge in [-0.15, -0.1) is 0 Å². The highest BCUT2D eigenvalue weighted by Gasteiger charge is 2.16. The minimum absolute atomic E-state index is 0.0316. The monoisotopic (exact) mass is 305 g/mol. The Balaban J connectivity index is 2.49. The van der Waals surface area contributed by atoms with E-state index in [-0.39, 0.29) is 18.9 Å². The lowest BCUT2D eigenvalue weighted by Crippen LogP contribution is -2.37. The van der Waals surface area contributed by atoms with Gasteiger partial charge in [-0.2, -0.15) is 0 Å². The molecule has 0 fully saturated rings. The Kier molecular flexibility index (Phi) is 6.08. The molecular weight excluding hydrogens is 293 g/mol. The van der Waals surface area contributed by atoms with Crippen molar-refractivity contribution in [2.75, 3.05) is 13.7 Å². The first-order chi connectivity index (χ1) is 8.93. The maximum absolute atomic E-state index is 11.6. The van der Waals surface area contributed by atoms with Crippen LogP contribution in [0, 0.1) is 0 Å². The van der Waals surface area contributed by atoms with Crippen molar-refractivity contribution in [3.05, 3.63) is 33.8 Å². The molecule has 7 heteroatoms. The molecule has 0 bridgehead atoms. The number of benzene rings is 1. The molecule has 0 saturated heterocycles. The van der Waals surface area contributed by atoms with E-state index < -0.39 is 12.1 Å². The number of aliphatic hydroxyl groups excluding tert-OH is 1. The van der Waals surface area contributed by atoms with Crippen molar-refractivity contribution < 1.29 is 19.4 Å². The highest BCUT2D eigenvalue weighted by atomic mass is 35.5. The highest BCUT2D eigenvalue weighted by molar-refractivity contribution is 6.35. The van der Waals surface area contributed by atoms with Crippen LogP contribution in [0.2, 0.25) is 10.0 Å². The average molecular weight is 306 g/mol. The molecule has 1 aromatic rings. The standard InChI is InChI=1S/C12H13Cl2NO4/c1-19-12(18)10(16)6-15-11(17)4-7-2-3-8(13)5-9(7)14/h2-3,5,10,16H,4,6H2,1H3,(H,15,17). The van der Waals surface area contributed by atoms with Gasteiger partial charge in [0.1, 0.15) is 0 Å². The summed E-state index contributed by atoms with van der Waals surface area (Å²) >= 11 is 11.7. The van der Waals surface area contributed by atoms with E-state index in [1.54, 1.807) is 12.1 Å². The molecule has 1 amide bonds. The number of carbonyl (C=O) groups excluding carboxylic acids is 2. The molecule has 2 N–H and O–H groups in total. The number of carbonyl (C=O) groups is 2. The number of amides is 1. The van der Waals surface area contributed by atoms with Crippen LogP contribution in [-0.4, -0.2) is 36.7 Å². The molecule has 0 aromatic heterocycles. The van der Waals surface area contributed by atoms with E-state index in [1.807, 2.05) is 0 Å². The molecule has 0 aliphatic rings. The summed E-state index contributed by atoms with van der Waals surface area (Å²) in [7, 11) is 1.15. The van der Waals surface area contributed by atoms with E-state index in [1.165, 1.54) is 6.07 Å². The first-order valence-electron chi connectivity index (χ1n) is 5.40. The molecule has 0 aliphatic heterocycles. The SMILES string of the molecule is COC(=O)C(O)CNC(=O)Cc1ccc(Cl)cc1Cl. The van der Waals surface area contributed by atoms with E-state index in [4.69, 9.17) is 23.2 Å². The van der Waals surface area contributed by atoms with Crippen LogP contribution in [-0.2, 0) is 20.7 Å². The lowest BCUT2D eigenvalue weighted by Gasteiger charge is -2.10. The third-order valence-electron chi connectivity index (χ3n) is 2.33. The quantitative estimate of drug-likeness (QED) is 0.801. The van der Waals surface area contributed by atoms with Gasteiger partial charge in [-0.05, 0) is 17.7 Å². The van der Waals surface area contributed by atoms with E-state index >= 15 is 0 Å². The third kappa shape index (κ3) is 5.06. The van der Waals surface area contributed by atoms with E-state index in [0.29, 0.717) is 15.6 Å². The minimum atomic E-state index is -1.38. The molecule has 0 radical (unpaired) electrons. The molecule has 1 rings (SSSR count). The molecule has 0 heterocycles. The Morgan fingerprint density at radius 3 is 2.68 bits per heavy atom. The zero-order valence-corrected chi connectivity index (χ0v) is 11.7. The van der Waals surface area contributed by atoms with Crippen molar-refractivity contribution in [1.29, 1.82) is 0 Å². The number of methoxy groups -OCH3 is 1. The summed E-state index contributed by atoms with van der Waals surface area (Å²) in [5, 5.41) is 12.6. The van der Waals surface area contributed by atoms with Crippen LogP contribution in [0.25, 0.3) is 0 Å². The van der Waals surface area contributed by atoms with E-state index in [2.05, 4.69) is 10.1 Å². The topological polar surface area (TPSA) is 75.6 Å². The number of aliphatic hydroxyl groups is 1. The summed E-state index contributed by atoms with van der Waals surface area (Å²) in [6, 6.07) is 4.80. The zero-order valence-electron chi connectivity index (χ0n) is 10.2. The van der Waals surface area contributed by atoms with Gasteiger partial charge in [-0.3, -0.25) is 4.79 Å². The number of nitrogens with one attached hydrogen (secondary N) is 1. The first-order valence-corrected chi connectivity index (χ1v) is 6.16. The van der Waals surface area contributed by atoms with Crippen molar-refractivity contribution in [3.8, 4) is 0 Å². The lowest BCUT2D eigenvalue weighted by molar-refractivity contribution is -0.150. The van der Waals surface area contributed by atoms with Crippen LogP contribution in [0.5, 0.6) is 0 Å². The van der Waals surface area contributed by atoms with Crippen LogP contribution in [0.3, 0.4) is 0 Å². The predicted octanol–water partition coefficient (Wildman–Crippen LogP) is 1.19. The van der Waals surface area contributed by atoms with Crippen molar-refractivity contribution in [2.45, 2.75) is 12.5 Å². The molecule has 104 valence electrons. The largest absolute Gasteiger partial charge is 0.467 e. The minimum Gasteiger partial charge on any atom is -0.467 e. The van der Waals surface area contributed by atoms with Gasteiger partial charge < -0.3 is 15.2 Å². The van der Waals surface area contributed by atoms with Gasteiger partial charge in [0, 0.05) is 10.0 Å². The fourth-order valence-electron chi connectivity index (χ4n) is 1.33. The second-order valence-corrected chi connectivity index (χ2v) is 4.60. The summed E-state index contributed by atoms with van der Waals surface area (Å²) in [4.78, 5) is 22.5. The molecule has 1 atom stereocenters. The molecular formula is C12H13Cl2NO4. The van der Waals surface area contributed by atoms with Crippen LogP contribution in [0.4, 0.5) is 0 Å². The summed E-state index contributed by atoms with van der Waals surface area (Å²) in [6.45, 7) is -0.212. The summed E-state index contributed by atoms with van der Waals surface area (Å²) in [6.07, 6.45) is -1.35. The van der Waals surface area contributed by atoms with E-state index in [9.17, 15) is 14.7 Å². The number of esters is 1. The third-order valence-corrected chi connectivity index (χ3v) is 2.92. The lowest BCUT2D eigenvalue weighted by atomic mass is 10.1. The average Bonchev–Trinajstić information content (AvgIpc) is 2.38. The molecule has 1 aromatic carbocycles. The van der Waals surface area contributed by atoms with Gasteiger partial charge in [0.25, 0.3) is 0 Å². The number of hydrogen-bond donors (Lipinski definition) is 2. The Bertz CT molecular complexity index is 479. The molecule has 19 heavy (non-hydrogen) atoms. The molecule has 0 aliphatic carbocycles. The van der Waals surface area contributed by atoms with Gasteiger partial charge >= 0.3 is 5.97 Å². The van der Waals surface area contributed by atoms with Crippen molar-refractivity contribution in [2.24, 2.45) is 0 Å². The normalized spacial score (nSPS) is 11.8. The maximum Gasteiger partial charge on any atom is 0.336 e. The maximum atomic E-state index is 11.6. The van der Waals surface area contributed by atoms with Gasteiger partial charge in [0.05, 0.1) is 20.1 Å². The summed E-state index contributed by atoms with van der Waals surface area (Å²) in [5.41, 5.74) is 0.608. The Hall–Kier alpha value is -1.30. The molecule has 0 spiro atoms. The Morgan fingerprint density at radius 1 is 1.42 bits per heavy atom. The van der Waals surface area contributed by atoms with Crippen molar-refractivity contribution in [3.63, 3.8) is 0 Å². The highest BCUT2D eigenvalue weighted by Crippen LogP contribution is 2.21. The van der Waals surface area contributed by atoms with Crippen molar-refractivity contribution >= 4 is 35.1 Å². The number of halogens is 2. The second-order valence-electron chi connectivity index (χ2n) is 3.76. The summed E-state index contributed by atoms with van der Waals surface area (Å²) in [5.74, 6) is -1.17. The van der Waals surface area contributed by atoms with Crippen LogP contribution < -0.4 is 5.32 Å². The number of hydrogen-bond acceptors (Lipinski definition) is 4. The van der Waals surface area contributed by atoms with Gasteiger partial charge in [0.15, 0.2) is 6.10 Å². The van der Waals surface area contributed by atoms with Gasteiger partial charge in [-0.1, -0.05) is 29.3 Å². The molecule has 5 nitrogen and oxygen atoms in total. The molecule has 1 unspecified atom stereocenters. The Morgan fingerprint density at radius 2 is 2.11 bits per heavy atom. The number of ether oxygens (including phenoxy) is 1. The van der Waals surface area contributed by atoms with E-state index in [0.717, 1.165) is 7.11 Å². The zero-order chi connectivity index (χ0) is 14.4. The second kappa shape index (κ2) is 7.33. The molecule has 0 saturated carbocycles. The van der Waals surface area contributed by atoms with Crippen LogP contribution in [0.15, 0.2) is 18.2 Å². The van der Waals surface area contributed by atoms with Gasteiger partial charge in [0.2, 0.25) is 5.91 Å². The Labute approximate surface area is 120 Å². The summed E-state index contributed by atoms with van der Waals surface area (Å²) < 4.78 is 4.32. The fraction of sp³-hybridized carbons (Fsp3) is 0.333. The number of rotatable bonds is 5. The smallest absolute Gasteiger partial charge is 0.336 e. The van der Waals surface area contributed by atoms with Gasteiger partial charge in [-0.25, -0.2) is 4.79 Å².